The molecule has 8 heteroatoms. The summed E-state index contributed by atoms with van der Waals surface area (Å²) < 4.78 is 7.82. The molecular weight excluding hydrogens is 392 g/mol. The van der Waals surface area contributed by atoms with Gasteiger partial charge in [-0.2, -0.15) is 0 Å². The number of nitrogens with zero attached hydrogens (tertiary/aromatic N) is 6. The van der Waals surface area contributed by atoms with Crippen LogP contribution in [-0.2, 0) is 0 Å². The summed E-state index contributed by atoms with van der Waals surface area (Å²) in [5.74, 6) is 2.23. The molecule has 3 aromatic rings. The molecule has 4 heterocycles. The third-order valence-corrected chi connectivity index (χ3v) is 5.97. The van der Waals surface area contributed by atoms with Crippen molar-refractivity contribution in [2.24, 2.45) is 0 Å². The first-order chi connectivity index (χ1) is 15.3. The smallest absolute Gasteiger partial charge is 0.255 e. The van der Waals surface area contributed by atoms with Crippen LogP contribution in [-0.4, -0.2) is 62.8 Å². The largest absolute Gasteiger partial charge is 0.474 e. The Morgan fingerprint density at radius 1 is 0.903 bits per heavy atom. The second-order valence-corrected chi connectivity index (χ2v) is 8.03. The molecule has 0 spiro atoms. The van der Waals surface area contributed by atoms with Crippen molar-refractivity contribution in [2.75, 3.05) is 31.1 Å². The van der Waals surface area contributed by atoms with E-state index in [0.29, 0.717) is 24.5 Å². The van der Waals surface area contributed by atoms with Gasteiger partial charge in [0.15, 0.2) is 11.6 Å². The average molecular weight is 419 g/mol. The van der Waals surface area contributed by atoms with E-state index < -0.39 is 0 Å². The molecule has 1 saturated carbocycles. The van der Waals surface area contributed by atoms with Crippen molar-refractivity contribution in [3.8, 4) is 11.7 Å². The number of anilines is 1. The van der Waals surface area contributed by atoms with E-state index in [1.54, 1.807) is 6.20 Å². The molecule has 2 aliphatic rings. The Labute approximate surface area is 181 Å². The molecule has 5 rings (SSSR count). The van der Waals surface area contributed by atoms with Crippen LogP contribution in [0.4, 0.5) is 5.82 Å². The minimum absolute atomic E-state index is 0.00797. The Balaban J connectivity index is 1.16. The van der Waals surface area contributed by atoms with Crippen LogP contribution >= 0.6 is 0 Å². The molecular formula is C23H26N6O2. The summed E-state index contributed by atoms with van der Waals surface area (Å²) in [6.45, 7) is 2.72. The number of amides is 1. The van der Waals surface area contributed by atoms with Gasteiger partial charge < -0.3 is 19.1 Å². The molecule has 1 saturated heterocycles. The molecule has 31 heavy (non-hydrogen) atoms. The zero-order chi connectivity index (χ0) is 21.0. The summed E-state index contributed by atoms with van der Waals surface area (Å²) in [7, 11) is 0. The minimum Gasteiger partial charge on any atom is -0.474 e. The highest BCUT2D eigenvalue weighted by atomic mass is 16.5. The lowest BCUT2D eigenvalue weighted by Gasteiger charge is -2.35. The molecule has 0 unspecified atom stereocenters. The topological polar surface area (TPSA) is 76.4 Å². The monoisotopic (exact) mass is 418 g/mol. The highest BCUT2D eigenvalue weighted by Crippen LogP contribution is 2.23. The van der Waals surface area contributed by atoms with Crippen LogP contribution in [0.1, 0.15) is 36.0 Å². The summed E-state index contributed by atoms with van der Waals surface area (Å²) in [6, 6.07) is 11.5. The zero-order valence-corrected chi connectivity index (χ0v) is 17.4. The van der Waals surface area contributed by atoms with Crippen LogP contribution in [0.3, 0.4) is 0 Å². The first kappa shape index (κ1) is 19.5. The van der Waals surface area contributed by atoms with Crippen LogP contribution < -0.4 is 9.64 Å². The van der Waals surface area contributed by atoms with E-state index in [1.165, 1.54) is 12.8 Å². The molecule has 0 bridgehead atoms. The van der Waals surface area contributed by atoms with Gasteiger partial charge in [-0.25, -0.2) is 4.98 Å². The van der Waals surface area contributed by atoms with Crippen molar-refractivity contribution in [2.45, 2.75) is 31.8 Å². The number of rotatable bonds is 5. The van der Waals surface area contributed by atoms with E-state index in [9.17, 15) is 4.79 Å². The van der Waals surface area contributed by atoms with Gasteiger partial charge in [0.1, 0.15) is 6.10 Å². The van der Waals surface area contributed by atoms with E-state index in [1.807, 2.05) is 58.3 Å². The predicted octanol–water partition coefficient (Wildman–Crippen LogP) is 2.95. The zero-order valence-electron chi connectivity index (χ0n) is 17.4. The van der Waals surface area contributed by atoms with Crippen LogP contribution in [0.15, 0.2) is 55.0 Å². The van der Waals surface area contributed by atoms with Crippen LogP contribution in [0, 0.1) is 0 Å². The fourth-order valence-electron chi connectivity index (χ4n) is 4.19. The first-order valence-electron chi connectivity index (χ1n) is 10.9. The maximum absolute atomic E-state index is 12.9. The number of carbonyl (C=O) groups excluding carboxylic acids is 1. The summed E-state index contributed by atoms with van der Waals surface area (Å²) in [6.07, 6.45) is 10.4. The number of carbonyl (C=O) groups is 1. The quantitative estimate of drug-likeness (QED) is 0.634. The maximum atomic E-state index is 12.9. The van der Waals surface area contributed by atoms with Gasteiger partial charge in [0.25, 0.3) is 5.91 Å². The number of piperazine rings is 1. The number of aromatic nitrogens is 4. The van der Waals surface area contributed by atoms with E-state index in [-0.39, 0.29) is 12.0 Å². The second-order valence-electron chi connectivity index (χ2n) is 8.03. The third-order valence-electron chi connectivity index (χ3n) is 5.97. The Hall–Kier alpha value is -3.42. The van der Waals surface area contributed by atoms with Gasteiger partial charge in [0, 0.05) is 50.8 Å². The Morgan fingerprint density at radius 3 is 2.26 bits per heavy atom. The first-order valence-corrected chi connectivity index (χ1v) is 10.9. The van der Waals surface area contributed by atoms with E-state index in [4.69, 9.17) is 4.74 Å². The van der Waals surface area contributed by atoms with Crippen molar-refractivity contribution in [1.82, 2.24) is 24.6 Å². The van der Waals surface area contributed by atoms with Crippen molar-refractivity contribution in [3.05, 3.63) is 60.6 Å². The molecule has 0 N–H and O–H groups in total. The molecule has 1 aliphatic heterocycles. The SMILES string of the molecule is O=C(c1ccc(OC2CCCC2)nc1)N1CCN(c2ccc(-n3cccc3)nn2)CC1. The van der Waals surface area contributed by atoms with E-state index in [0.717, 1.165) is 37.6 Å². The van der Waals surface area contributed by atoms with E-state index >= 15 is 0 Å². The normalized spacial score (nSPS) is 17.2. The number of hydrogen-bond acceptors (Lipinski definition) is 6. The molecule has 0 atom stereocenters. The number of pyridine rings is 1. The average Bonchev–Trinajstić information content (AvgIpc) is 3.54. The molecule has 1 aliphatic carbocycles. The lowest BCUT2D eigenvalue weighted by molar-refractivity contribution is 0.0746. The minimum atomic E-state index is 0.00797. The standard InChI is InChI=1S/C23H26N6O2/c30-23(18-7-10-22(24-17-18)31-19-5-1-2-6-19)29-15-13-28(14-16-29)21-9-8-20(25-26-21)27-11-3-4-12-27/h3-4,7-12,17,19H,1-2,5-6,13-16H2. The Kier molecular flexibility index (Phi) is 5.52. The fourth-order valence-corrected chi connectivity index (χ4v) is 4.19. The lowest BCUT2D eigenvalue weighted by Crippen LogP contribution is -2.49. The Bertz CT molecular complexity index is 990. The number of ether oxygens (including phenoxy) is 1. The van der Waals surface area contributed by atoms with Gasteiger partial charge in [0.2, 0.25) is 5.88 Å². The Morgan fingerprint density at radius 2 is 1.61 bits per heavy atom. The number of hydrogen-bond donors (Lipinski definition) is 0. The third kappa shape index (κ3) is 4.38. The lowest BCUT2D eigenvalue weighted by atomic mass is 10.2. The summed E-state index contributed by atoms with van der Waals surface area (Å²) in [4.78, 5) is 21.2. The van der Waals surface area contributed by atoms with Crippen molar-refractivity contribution in [3.63, 3.8) is 0 Å². The molecule has 160 valence electrons. The van der Waals surface area contributed by atoms with E-state index in [2.05, 4.69) is 20.1 Å². The molecule has 0 radical (unpaired) electrons. The van der Waals surface area contributed by atoms with Crippen molar-refractivity contribution < 1.29 is 9.53 Å². The highest BCUT2D eigenvalue weighted by Gasteiger charge is 2.24. The summed E-state index contributed by atoms with van der Waals surface area (Å²) in [5, 5.41) is 8.68. The van der Waals surface area contributed by atoms with Crippen molar-refractivity contribution in [1.29, 1.82) is 0 Å². The summed E-state index contributed by atoms with van der Waals surface area (Å²) in [5.41, 5.74) is 0.600. The molecule has 0 aromatic carbocycles. The van der Waals surface area contributed by atoms with Gasteiger partial charge in [-0.15, -0.1) is 10.2 Å². The van der Waals surface area contributed by atoms with Gasteiger partial charge in [-0.1, -0.05) is 0 Å². The van der Waals surface area contributed by atoms with Crippen LogP contribution in [0.5, 0.6) is 5.88 Å². The highest BCUT2D eigenvalue weighted by molar-refractivity contribution is 5.94. The maximum Gasteiger partial charge on any atom is 0.255 e. The van der Waals surface area contributed by atoms with Crippen molar-refractivity contribution >= 4 is 11.7 Å². The molecule has 2 fully saturated rings. The molecule has 1 amide bonds. The molecule has 3 aromatic heterocycles. The van der Waals surface area contributed by atoms with Crippen LogP contribution in [0.25, 0.3) is 5.82 Å². The predicted molar refractivity (Wildman–Crippen MR) is 117 cm³/mol. The van der Waals surface area contributed by atoms with Gasteiger partial charge >= 0.3 is 0 Å². The second kappa shape index (κ2) is 8.75. The van der Waals surface area contributed by atoms with Gasteiger partial charge in [0.05, 0.1) is 5.56 Å². The van der Waals surface area contributed by atoms with Gasteiger partial charge in [-0.05, 0) is 56.0 Å². The van der Waals surface area contributed by atoms with Gasteiger partial charge in [-0.3, -0.25) is 4.79 Å². The van der Waals surface area contributed by atoms with Crippen LogP contribution in [0.2, 0.25) is 0 Å². The molecule has 8 nitrogen and oxygen atoms in total. The fraction of sp³-hybridized carbons (Fsp3) is 0.391. The summed E-state index contributed by atoms with van der Waals surface area (Å²) >= 11 is 0.